The third-order valence-electron chi connectivity index (χ3n) is 7.24. The predicted molar refractivity (Wildman–Crippen MR) is 167 cm³/mol. The van der Waals surface area contributed by atoms with E-state index in [0.29, 0.717) is 11.8 Å². The number of hydrogen-bond donors (Lipinski definition) is 0. The molecular weight excluding hydrogens is 497 g/mol. The molecule has 0 bridgehead atoms. The number of benzene rings is 4. The lowest BCUT2D eigenvalue weighted by Gasteiger charge is -2.18. The molecule has 38 heavy (non-hydrogen) atoms. The zero-order valence-electron chi connectivity index (χ0n) is 22.6. The summed E-state index contributed by atoms with van der Waals surface area (Å²) >= 11 is 0. The zero-order valence-corrected chi connectivity index (χ0v) is 25.4. The van der Waals surface area contributed by atoms with Crippen LogP contribution in [0.3, 0.4) is 0 Å². The van der Waals surface area contributed by atoms with Gasteiger partial charge in [0.25, 0.3) is 0 Å². The van der Waals surface area contributed by atoms with Gasteiger partial charge in [-0.3, -0.25) is 0 Å². The minimum absolute atomic E-state index is 0.415. The minimum Gasteiger partial charge on any atom is -0.424 e. The largest absolute Gasteiger partial charge is 0.424 e. The molecule has 0 atom stereocenters. The molecule has 0 amide bonds. The van der Waals surface area contributed by atoms with Crippen molar-refractivity contribution in [3.63, 3.8) is 0 Å². The van der Waals surface area contributed by atoms with Gasteiger partial charge in [-0.25, -0.2) is 0 Å². The Morgan fingerprint density at radius 3 is 1.00 bits per heavy atom. The van der Waals surface area contributed by atoms with E-state index in [1.54, 1.807) is 0 Å². The first-order valence-electron chi connectivity index (χ1n) is 14.3. The van der Waals surface area contributed by atoms with Crippen LogP contribution < -0.4 is 0 Å². The Morgan fingerprint density at radius 1 is 0.421 bits per heavy atom. The first kappa shape index (κ1) is 28.2. The topological polar surface area (TPSA) is 18.5 Å². The molecule has 4 heteroatoms. The Morgan fingerprint density at radius 2 is 0.711 bits per heavy atom. The molecule has 4 rings (SSSR count). The van der Waals surface area contributed by atoms with Crippen molar-refractivity contribution in [1.29, 1.82) is 0 Å². The summed E-state index contributed by atoms with van der Waals surface area (Å²) in [6, 6.07) is 46.0. The lowest BCUT2D eigenvalue weighted by molar-refractivity contribution is 0.316. The molecule has 0 aromatic heterocycles. The standard InChI is InChI=1S/C34H42O2Si2/c1-5-15-29(16-6-1)33(30-17-7-2-8-18-30)23-25-35-37-27-13-14-28-38-36-26-24-34(31-19-9-3-10-20-31)32-21-11-4-12-22-32/h1-12,15-22,33-34H,13-14,23-28,37-38H2. The highest BCUT2D eigenvalue weighted by Gasteiger charge is 2.14. The molecule has 2 nitrogen and oxygen atoms in total. The summed E-state index contributed by atoms with van der Waals surface area (Å²) in [4.78, 5) is 0. The summed E-state index contributed by atoms with van der Waals surface area (Å²) in [5.41, 5.74) is 5.53. The monoisotopic (exact) mass is 538 g/mol. The molecule has 198 valence electrons. The average molecular weight is 539 g/mol. The quantitative estimate of drug-likeness (QED) is 0.104. The maximum Gasteiger partial charge on any atom is 0.161 e. The second kappa shape index (κ2) is 16.9. The van der Waals surface area contributed by atoms with E-state index in [4.69, 9.17) is 8.85 Å². The lowest BCUT2D eigenvalue weighted by atomic mass is 9.89. The van der Waals surface area contributed by atoms with Crippen LogP contribution in [0.5, 0.6) is 0 Å². The Kier molecular flexibility index (Phi) is 12.6. The van der Waals surface area contributed by atoms with Gasteiger partial charge in [0.2, 0.25) is 0 Å². The van der Waals surface area contributed by atoms with Crippen molar-refractivity contribution in [3.8, 4) is 0 Å². The van der Waals surface area contributed by atoms with Crippen LogP contribution in [-0.4, -0.2) is 32.7 Å². The van der Waals surface area contributed by atoms with Gasteiger partial charge in [0.05, 0.1) is 0 Å². The molecule has 0 saturated heterocycles. The molecule has 0 unspecified atom stereocenters. The summed E-state index contributed by atoms with van der Waals surface area (Å²) in [5, 5.41) is 0. The van der Waals surface area contributed by atoms with Gasteiger partial charge < -0.3 is 8.85 Å². The smallest absolute Gasteiger partial charge is 0.161 e. The van der Waals surface area contributed by atoms with Crippen LogP contribution in [-0.2, 0) is 8.85 Å². The highest BCUT2D eigenvalue weighted by molar-refractivity contribution is 6.27. The van der Waals surface area contributed by atoms with Gasteiger partial charge in [-0.15, -0.1) is 0 Å². The summed E-state index contributed by atoms with van der Waals surface area (Å²) in [6.07, 6.45) is 4.68. The predicted octanol–water partition coefficient (Wildman–Crippen LogP) is 7.25. The van der Waals surface area contributed by atoms with Crippen molar-refractivity contribution in [3.05, 3.63) is 144 Å². The van der Waals surface area contributed by atoms with Gasteiger partial charge in [0, 0.05) is 25.0 Å². The van der Waals surface area contributed by atoms with Crippen LogP contribution >= 0.6 is 0 Å². The van der Waals surface area contributed by atoms with Crippen molar-refractivity contribution in [2.75, 3.05) is 13.2 Å². The summed E-state index contributed by atoms with van der Waals surface area (Å²) < 4.78 is 12.4. The summed E-state index contributed by atoms with van der Waals surface area (Å²) in [6.45, 7) is 1.73. The van der Waals surface area contributed by atoms with E-state index in [1.165, 1.54) is 47.2 Å². The van der Waals surface area contributed by atoms with Crippen LogP contribution in [0.2, 0.25) is 12.1 Å². The van der Waals surface area contributed by atoms with Crippen LogP contribution in [0.4, 0.5) is 0 Å². The molecule has 0 aliphatic carbocycles. The van der Waals surface area contributed by atoms with E-state index in [2.05, 4.69) is 121 Å². The van der Waals surface area contributed by atoms with Gasteiger partial charge >= 0.3 is 0 Å². The fraction of sp³-hybridized carbons (Fsp3) is 0.294. The van der Waals surface area contributed by atoms with Crippen molar-refractivity contribution in [2.45, 2.75) is 49.6 Å². The molecule has 4 aromatic carbocycles. The van der Waals surface area contributed by atoms with Crippen LogP contribution in [0.15, 0.2) is 121 Å². The van der Waals surface area contributed by atoms with E-state index in [1.807, 2.05) is 0 Å². The highest BCUT2D eigenvalue weighted by Crippen LogP contribution is 2.28. The number of hydrogen-bond acceptors (Lipinski definition) is 2. The zero-order chi connectivity index (χ0) is 26.1. The van der Waals surface area contributed by atoms with E-state index in [0.717, 1.165) is 26.1 Å². The molecule has 0 saturated carbocycles. The molecule has 0 aliphatic heterocycles. The SMILES string of the molecule is c1ccc(C(CCO[SiH2]CCCC[SiH2]OCCC(c2ccccc2)c2ccccc2)c2ccccc2)cc1. The van der Waals surface area contributed by atoms with Crippen molar-refractivity contribution in [1.82, 2.24) is 0 Å². The summed E-state index contributed by atoms with van der Waals surface area (Å²) in [5.74, 6) is 0.829. The molecule has 0 N–H and O–H groups in total. The maximum atomic E-state index is 6.18. The third-order valence-corrected chi connectivity index (χ3v) is 9.97. The molecule has 0 aliphatic rings. The van der Waals surface area contributed by atoms with Gasteiger partial charge in [-0.1, -0.05) is 134 Å². The normalized spacial score (nSPS) is 11.9. The lowest BCUT2D eigenvalue weighted by Crippen LogP contribution is -2.08. The Balaban J connectivity index is 1.07. The summed E-state index contributed by atoms with van der Waals surface area (Å²) in [7, 11) is -0.862. The second-order valence-corrected chi connectivity index (χ2v) is 13.0. The number of rotatable bonds is 17. The Labute approximate surface area is 234 Å². The molecule has 0 heterocycles. The van der Waals surface area contributed by atoms with Crippen molar-refractivity contribution in [2.24, 2.45) is 0 Å². The molecule has 0 spiro atoms. The molecular formula is C34H42O2Si2. The molecule has 0 radical (unpaired) electrons. The first-order chi connectivity index (χ1) is 18.9. The first-order valence-corrected chi connectivity index (χ1v) is 17.4. The van der Waals surface area contributed by atoms with Crippen molar-refractivity contribution < 1.29 is 8.85 Å². The average Bonchev–Trinajstić information content (AvgIpc) is 2.99. The van der Waals surface area contributed by atoms with Crippen LogP contribution in [0.25, 0.3) is 0 Å². The number of unbranched alkanes of at least 4 members (excludes halogenated alkanes) is 1. The Bertz CT molecular complexity index is 952. The van der Waals surface area contributed by atoms with Crippen LogP contribution in [0, 0.1) is 0 Å². The Hall–Kier alpha value is -2.77. The van der Waals surface area contributed by atoms with Gasteiger partial charge in [0.15, 0.2) is 19.5 Å². The van der Waals surface area contributed by atoms with E-state index < -0.39 is 19.5 Å². The third kappa shape index (κ3) is 9.52. The minimum atomic E-state index is -0.431. The fourth-order valence-electron chi connectivity index (χ4n) is 5.16. The second-order valence-electron chi connectivity index (χ2n) is 9.96. The van der Waals surface area contributed by atoms with E-state index in [9.17, 15) is 0 Å². The van der Waals surface area contributed by atoms with E-state index in [-0.39, 0.29) is 0 Å². The molecule has 0 fully saturated rings. The van der Waals surface area contributed by atoms with Gasteiger partial charge in [-0.05, 0) is 47.2 Å². The van der Waals surface area contributed by atoms with Crippen LogP contribution in [0.1, 0.15) is 59.8 Å². The molecule has 4 aromatic rings. The fourth-order valence-corrected chi connectivity index (χ4v) is 7.43. The highest BCUT2D eigenvalue weighted by atomic mass is 28.2. The van der Waals surface area contributed by atoms with Gasteiger partial charge in [-0.2, -0.15) is 0 Å². The maximum absolute atomic E-state index is 6.18. The van der Waals surface area contributed by atoms with E-state index >= 15 is 0 Å². The van der Waals surface area contributed by atoms with Crippen molar-refractivity contribution >= 4 is 19.5 Å². The van der Waals surface area contributed by atoms with Gasteiger partial charge in [0.1, 0.15) is 0 Å².